The highest BCUT2D eigenvalue weighted by Crippen LogP contribution is 2.25. The molecule has 1 aromatic heterocycles. The standard InChI is InChI=1S/C19H16N6O3/c1-24-18(27)14-8-7-13(10-15(14)19(24)28)21-17(26)16(25-11-20-22-23-25)9-12-5-3-2-4-6-12/h2-8,10-11,16H,9H2,1H3,(H,21,26)/t16-/m0/s1. The molecule has 1 atom stereocenters. The zero-order valence-electron chi connectivity index (χ0n) is 14.9. The largest absolute Gasteiger partial charge is 0.324 e. The van der Waals surface area contributed by atoms with Crippen molar-refractivity contribution in [2.24, 2.45) is 0 Å². The summed E-state index contributed by atoms with van der Waals surface area (Å²) in [6.45, 7) is 0. The Labute approximate surface area is 160 Å². The number of benzene rings is 2. The molecule has 0 spiro atoms. The highest BCUT2D eigenvalue weighted by atomic mass is 16.2. The number of hydrogen-bond donors (Lipinski definition) is 1. The molecule has 0 radical (unpaired) electrons. The van der Waals surface area contributed by atoms with Gasteiger partial charge < -0.3 is 5.32 Å². The summed E-state index contributed by atoms with van der Waals surface area (Å²) >= 11 is 0. The van der Waals surface area contributed by atoms with Gasteiger partial charge in [-0.05, 0) is 34.2 Å². The van der Waals surface area contributed by atoms with Gasteiger partial charge in [-0.25, -0.2) is 4.68 Å². The van der Waals surface area contributed by atoms with Crippen LogP contribution in [0.15, 0.2) is 54.9 Å². The van der Waals surface area contributed by atoms with Gasteiger partial charge in [-0.15, -0.1) is 5.10 Å². The SMILES string of the molecule is CN1C(=O)c2ccc(NC(=O)[C@H](Cc3ccccc3)n3cnnn3)cc2C1=O. The maximum Gasteiger partial charge on any atom is 0.261 e. The van der Waals surface area contributed by atoms with Crippen LogP contribution >= 0.6 is 0 Å². The zero-order chi connectivity index (χ0) is 19.7. The van der Waals surface area contributed by atoms with Crippen molar-refractivity contribution < 1.29 is 14.4 Å². The van der Waals surface area contributed by atoms with E-state index in [9.17, 15) is 14.4 Å². The van der Waals surface area contributed by atoms with E-state index in [1.807, 2.05) is 30.3 Å². The van der Waals surface area contributed by atoms with Gasteiger partial charge in [0.1, 0.15) is 12.4 Å². The van der Waals surface area contributed by atoms with Crippen LogP contribution in [0.4, 0.5) is 5.69 Å². The van der Waals surface area contributed by atoms with E-state index in [1.165, 1.54) is 30.2 Å². The molecule has 2 heterocycles. The van der Waals surface area contributed by atoms with Crippen molar-refractivity contribution in [3.63, 3.8) is 0 Å². The first-order valence-electron chi connectivity index (χ1n) is 8.58. The van der Waals surface area contributed by atoms with Crippen LogP contribution in [-0.4, -0.2) is 49.9 Å². The van der Waals surface area contributed by atoms with E-state index >= 15 is 0 Å². The van der Waals surface area contributed by atoms with Crippen molar-refractivity contribution in [2.75, 3.05) is 12.4 Å². The fraction of sp³-hybridized carbons (Fsp3) is 0.158. The van der Waals surface area contributed by atoms with E-state index in [4.69, 9.17) is 0 Å². The number of anilines is 1. The molecule has 9 nitrogen and oxygen atoms in total. The van der Waals surface area contributed by atoms with E-state index < -0.39 is 11.9 Å². The lowest BCUT2D eigenvalue weighted by Gasteiger charge is -2.16. The molecule has 0 saturated heterocycles. The fourth-order valence-corrected chi connectivity index (χ4v) is 3.12. The molecule has 1 N–H and O–H groups in total. The lowest BCUT2D eigenvalue weighted by atomic mass is 10.0. The molecule has 0 bridgehead atoms. The van der Waals surface area contributed by atoms with Crippen molar-refractivity contribution in [1.82, 2.24) is 25.1 Å². The van der Waals surface area contributed by atoms with Gasteiger partial charge in [0.2, 0.25) is 5.91 Å². The molecule has 9 heteroatoms. The van der Waals surface area contributed by atoms with Crippen LogP contribution in [0.2, 0.25) is 0 Å². The lowest BCUT2D eigenvalue weighted by Crippen LogP contribution is -2.28. The Morgan fingerprint density at radius 3 is 2.54 bits per heavy atom. The normalized spacial score (nSPS) is 14.1. The van der Waals surface area contributed by atoms with Crippen molar-refractivity contribution >= 4 is 23.4 Å². The predicted molar refractivity (Wildman–Crippen MR) is 98.5 cm³/mol. The van der Waals surface area contributed by atoms with Crippen molar-refractivity contribution in [3.8, 4) is 0 Å². The molecule has 140 valence electrons. The maximum atomic E-state index is 12.9. The van der Waals surface area contributed by atoms with Crippen LogP contribution in [0.25, 0.3) is 0 Å². The van der Waals surface area contributed by atoms with Crippen molar-refractivity contribution in [2.45, 2.75) is 12.5 Å². The number of amides is 3. The first-order valence-corrected chi connectivity index (χ1v) is 8.58. The van der Waals surface area contributed by atoms with Crippen LogP contribution in [0.3, 0.4) is 0 Å². The summed E-state index contributed by atoms with van der Waals surface area (Å²) in [7, 11) is 1.43. The third-order valence-electron chi connectivity index (χ3n) is 4.62. The predicted octanol–water partition coefficient (Wildman–Crippen LogP) is 1.32. The third-order valence-corrected chi connectivity index (χ3v) is 4.62. The summed E-state index contributed by atoms with van der Waals surface area (Å²) in [5.41, 5.74) is 1.97. The minimum atomic E-state index is -0.675. The molecule has 1 aliphatic rings. The molecule has 3 aromatic rings. The summed E-state index contributed by atoms with van der Waals surface area (Å²) in [6.07, 6.45) is 1.77. The van der Waals surface area contributed by atoms with Crippen LogP contribution in [-0.2, 0) is 11.2 Å². The second kappa shape index (κ2) is 7.03. The quantitative estimate of drug-likeness (QED) is 0.673. The van der Waals surface area contributed by atoms with E-state index in [2.05, 4.69) is 20.8 Å². The minimum absolute atomic E-state index is 0.271. The first kappa shape index (κ1) is 17.5. The van der Waals surface area contributed by atoms with E-state index in [0.717, 1.165) is 10.5 Å². The van der Waals surface area contributed by atoms with Gasteiger partial charge >= 0.3 is 0 Å². The third kappa shape index (κ3) is 3.13. The van der Waals surface area contributed by atoms with Gasteiger partial charge in [-0.2, -0.15) is 0 Å². The monoisotopic (exact) mass is 376 g/mol. The summed E-state index contributed by atoms with van der Waals surface area (Å²) in [5.74, 6) is -1.08. The number of nitrogens with one attached hydrogen (secondary N) is 1. The van der Waals surface area contributed by atoms with E-state index in [-0.39, 0.29) is 17.4 Å². The zero-order valence-corrected chi connectivity index (χ0v) is 14.9. The number of tetrazole rings is 1. The van der Waals surface area contributed by atoms with Gasteiger partial charge in [0, 0.05) is 19.2 Å². The summed E-state index contributed by atoms with van der Waals surface area (Å²) in [5, 5.41) is 13.9. The molecule has 0 unspecified atom stereocenters. The lowest BCUT2D eigenvalue weighted by molar-refractivity contribution is -0.119. The Balaban J connectivity index is 1.59. The van der Waals surface area contributed by atoms with Crippen LogP contribution in [0.5, 0.6) is 0 Å². The van der Waals surface area contributed by atoms with Gasteiger partial charge in [0.15, 0.2) is 0 Å². The summed E-state index contributed by atoms with van der Waals surface area (Å²) < 4.78 is 1.39. The molecule has 0 fully saturated rings. The molecule has 4 rings (SSSR count). The number of aromatic nitrogens is 4. The second-order valence-electron chi connectivity index (χ2n) is 6.41. The van der Waals surface area contributed by atoms with Gasteiger partial charge in [0.25, 0.3) is 11.8 Å². The molecule has 3 amide bonds. The Kier molecular flexibility index (Phi) is 4.40. The maximum absolute atomic E-state index is 12.9. The number of hydrogen-bond acceptors (Lipinski definition) is 6. The fourth-order valence-electron chi connectivity index (χ4n) is 3.12. The van der Waals surface area contributed by atoms with E-state index in [1.54, 1.807) is 6.07 Å². The van der Waals surface area contributed by atoms with Gasteiger partial charge in [0.05, 0.1) is 11.1 Å². The van der Waals surface area contributed by atoms with Crippen LogP contribution in [0, 0.1) is 0 Å². The molecule has 0 aliphatic carbocycles. The van der Waals surface area contributed by atoms with Crippen molar-refractivity contribution in [1.29, 1.82) is 0 Å². The van der Waals surface area contributed by atoms with Gasteiger partial charge in [-0.3, -0.25) is 19.3 Å². The second-order valence-corrected chi connectivity index (χ2v) is 6.41. The Bertz CT molecular complexity index is 1050. The highest BCUT2D eigenvalue weighted by Gasteiger charge is 2.33. The minimum Gasteiger partial charge on any atom is -0.324 e. The number of imide groups is 1. The first-order chi connectivity index (χ1) is 13.5. The Morgan fingerprint density at radius 2 is 1.82 bits per heavy atom. The number of nitrogens with zero attached hydrogens (tertiary/aromatic N) is 5. The number of carbonyl (C=O) groups excluding carboxylic acids is 3. The topological polar surface area (TPSA) is 110 Å². The number of fused-ring (bicyclic) bond motifs is 1. The van der Waals surface area contributed by atoms with Crippen LogP contribution in [0.1, 0.15) is 32.3 Å². The number of rotatable bonds is 5. The summed E-state index contributed by atoms with van der Waals surface area (Å²) in [4.78, 5) is 38.2. The molecule has 1 aliphatic heterocycles. The molecule has 28 heavy (non-hydrogen) atoms. The van der Waals surface area contributed by atoms with Gasteiger partial charge in [-0.1, -0.05) is 30.3 Å². The molecular weight excluding hydrogens is 360 g/mol. The molecule has 2 aromatic carbocycles. The molecule has 0 saturated carbocycles. The smallest absolute Gasteiger partial charge is 0.261 e. The average molecular weight is 376 g/mol. The highest BCUT2D eigenvalue weighted by molar-refractivity contribution is 6.21. The number of carbonyl (C=O) groups is 3. The Morgan fingerprint density at radius 1 is 1.07 bits per heavy atom. The van der Waals surface area contributed by atoms with E-state index in [0.29, 0.717) is 17.7 Å². The average Bonchev–Trinajstić information content (AvgIpc) is 3.31. The van der Waals surface area contributed by atoms with Crippen molar-refractivity contribution in [3.05, 3.63) is 71.5 Å². The Hall–Kier alpha value is -3.88. The summed E-state index contributed by atoms with van der Waals surface area (Å²) in [6, 6.07) is 13.5. The van der Waals surface area contributed by atoms with Crippen LogP contribution < -0.4 is 5.32 Å². The molecular formula is C19H16N6O3.